The highest BCUT2D eigenvalue weighted by Crippen LogP contribution is 2.14. The molecular weight excluding hydrogens is 242 g/mol. The summed E-state index contributed by atoms with van der Waals surface area (Å²) in [7, 11) is -3.94. The zero-order valence-electron chi connectivity index (χ0n) is 9.97. The van der Waals surface area contributed by atoms with E-state index in [1.165, 1.54) is 0 Å². The van der Waals surface area contributed by atoms with Crippen molar-refractivity contribution in [3.05, 3.63) is 29.8 Å². The van der Waals surface area contributed by atoms with Crippen LogP contribution in [0.4, 0.5) is 0 Å². The minimum Gasteiger partial charge on any atom is -0.199 e. The van der Waals surface area contributed by atoms with Gasteiger partial charge < -0.3 is 0 Å². The van der Waals surface area contributed by atoms with Crippen molar-refractivity contribution in [2.75, 3.05) is 6.26 Å². The van der Waals surface area contributed by atoms with Crippen molar-refractivity contribution in [3.8, 4) is 0 Å². The van der Waals surface area contributed by atoms with Crippen LogP contribution in [0.5, 0.6) is 0 Å². The van der Waals surface area contributed by atoms with Gasteiger partial charge >= 0.3 is 0 Å². The maximum atomic E-state index is 11.9. The van der Waals surface area contributed by atoms with Gasteiger partial charge in [0.1, 0.15) is 0 Å². The van der Waals surface area contributed by atoms with Crippen molar-refractivity contribution in [2.45, 2.75) is 30.9 Å². The zero-order chi connectivity index (χ0) is 12.3. The third-order valence-corrected chi connectivity index (χ3v) is 6.17. The summed E-state index contributed by atoms with van der Waals surface area (Å²) in [6, 6.07) is 6.77. The molecule has 16 heavy (non-hydrogen) atoms. The lowest BCUT2D eigenvalue weighted by Crippen LogP contribution is -2.07. The van der Waals surface area contributed by atoms with Crippen molar-refractivity contribution >= 4 is 20.7 Å². The van der Waals surface area contributed by atoms with Gasteiger partial charge in [-0.1, -0.05) is 42.2 Å². The molecule has 0 fully saturated rings. The van der Waals surface area contributed by atoms with Crippen LogP contribution in [-0.2, 0) is 20.7 Å². The van der Waals surface area contributed by atoms with Crippen molar-refractivity contribution in [2.24, 2.45) is 3.77 Å². The van der Waals surface area contributed by atoms with Crippen molar-refractivity contribution in [1.29, 1.82) is 0 Å². The number of benzene rings is 1. The van der Waals surface area contributed by atoms with Gasteiger partial charge in [0.2, 0.25) is 0 Å². The molecule has 1 atom stereocenters. The van der Waals surface area contributed by atoms with Gasteiger partial charge in [0, 0.05) is 5.25 Å². The van der Waals surface area contributed by atoms with Crippen LogP contribution in [0.3, 0.4) is 0 Å². The average molecular weight is 259 g/mol. The Hall–Kier alpha value is -0.680. The van der Waals surface area contributed by atoms with Crippen molar-refractivity contribution in [1.82, 2.24) is 0 Å². The van der Waals surface area contributed by atoms with Gasteiger partial charge in [0.15, 0.2) is 0 Å². The molecule has 3 nitrogen and oxygen atoms in total. The molecule has 1 aromatic rings. The standard InChI is InChI=1S/C11H17NO2S2/c1-9(2)15(4)12-16(13,14)11-7-5-10(3)6-8-11/h5-9H,1-4H3/t15-/m1/s1. The first kappa shape index (κ1) is 13.4. The van der Waals surface area contributed by atoms with E-state index < -0.39 is 20.7 Å². The van der Waals surface area contributed by atoms with Crippen LogP contribution in [0, 0.1) is 6.92 Å². The van der Waals surface area contributed by atoms with Gasteiger partial charge in [0.25, 0.3) is 10.0 Å². The fourth-order valence-electron chi connectivity index (χ4n) is 0.994. The molecule has 90 valence electrons. The molecule has 0 heterocycles. The predicted octanol–water partition coefficient (Wildman–Crippen LogP) is 2.52. The highest BCUT2D eigenvalue weighted by atomic mass is 32.3. The Balaban J connectivity index is 3.13. The molecule has 5 heteroatoms. The third-order valence-electron chi connectivity index (χ3n) is 2.22. The minimum absolute atomic E-state index is 0.250. The highest BCUT2D eigenvalue weighted by Gasteiger charge is 2.13. The van der Waals surface area contributed by atoms with E-state index in [1.807, 2.05) is 27.0 Å². The molecular formula is C11H17NO2S2. The highest BCUT2D eigenvalue weighted by molar-refractivity contribution is 8.00. The molecule has 0 aromatic heterocycles. The third kappa shape index (κ3) is 3.42. The largest absolute Gasteiger partial charge is 0.287 e. The summed E-state index contributed by atoms with van der Waals surface area (Å²) in [5, 5.41) is 0.250. The molecule has 0 amide bonds. The number of sulfonamides is 1. The number of aryl methyl sites for hydroxylation is 1. The SMILES string of the molecule is Cc1ccc(S(=O)(=O)N=[S@](C)C(C)C)cc1. The second kappa shape index (κ2) is 5.10. The number of hydrogen-bond donors (Lipinski definition) is 0. The summed E-state index contributed by atoms with van der Waals surface area (Å²) in [5.74, 6) is 0. The summed E-state index contributed by atoms with van der Waals surface area (Å²) >= 11 is 0. The Bertz CT molecular complexity index is 487. The van der Waals surface area contributed by atoms with Crippen LogP contribution in [0.15, 0.2) is 32.9 Å². The van der Waals surface area contributed by atoms with Gasteiger partial charge in [0.05, 0.1) is 4.90 Å². The smallest absolute Gasteiger partial charge is 0.199 e. The normalized spacial score (nSPS) is 14.3. The molecule has 0 aliphatic rings. The van der Waals surface area contributed by atoms with E-state index in [1.54, 1.807) is 24.3 Å². The van der Waals surface area contributed by atoms with E-state index in [2.05, 4.69) is 3.77 Å². The summed E-state index contributed by atoms with van der Waals surface area (Å²) in [6.45, 7) is 5.86. The Morgan fingerprint density at radius 1 is 1.19 bits per heavy atom. The van der Waals surface area contributed by atoms with E-state index in [4.69, 9.17) is 0 Å². The van der Waals surface area contributed by atoms with Crippen molar-refractivity contribution in [3.63, 3.8) is 0 Å². The first-order chi connectivity index (χ1) is 7.33. The lowest BCUT2D eigenvalue weighted by molar-refractivity contribution is 0.598. The summed E-state index contributed by atoms with van der Waals surface area (Å²) in [6.07, 6.45) is 1.84. The molecule has 0 aliphatic carbocycles. The predicted molar refractivity (Wildman–Crippen MR) is 69.2 cm³/mol. The second-order valence-electron chi connectivity index (χ2n) is 3.94. The fraction of sp³-hybridized carbons (Fsp3) is 0.455. The van der Waals surface area contributed by atoms with E-state index in [9.17, 15) is 8.42 Å². The first-order valence-corrected chi connectivity index (χ1v) is 8.12. The Morgan fingerprint density at radius 2 is 1.69 bits per heavy atom. The van der Waals surface area contributed by atoms with Crippen LogP contribution < -0.4 is 0 Å². The fourth-order valence-corrected chi connectivity index (χ4v) is 3.75. The summed E-state index contributed by atoms with van der Waals surface area (Å²) < 4.78 is 27.7. The minimum atomic E-state index is -3.48. The molecule has 0 unspecified atom stereocenters. The molecule has 0 N–H and O–H groups in total. The molecule has 1 aromatic carbocycles. The molecule has 0 bridgehead atoms. The maximum absolute atomic E-state index is 11.9. The molecule has 1 rings (SSSR count). The van der Waals surface area contributed by atoms with Crippen LogP contribution in [0.2, 0.25) is 0 Å². The van der Waals surface area contributed by atoms with E-state index in [-0.39, 0.29) is 10.1 Å². The molecule has 0 radical (unpaired) electrons. The number of nitrogens with zero attached hydrogens (tertiary/aromatic N) is 1. The molecule has 0 saturated heterocycles. The first-order valence-electron chi connectivity index (χ1n) is 5.02. The van der Waals surface area contributed by atoms with Crippen LogP contribution in [0.1, 0.15) is 19.4 Å². The van der Waals surface area contributed by atoms with E-state index in [0.717, 1.165) is 5.56 Å². The Labute approximate surface area is 100 Å². The second-order valence-corrected chi connectivity index (χ2v) is 7.94. The van der Waals surface area contributed by atoms with Gasteiger partial charge in [-0.15, -0.1) is 3.77 Å². The molecule has 0 saturated carbocycles. The van der Waals surface area contributed by atoms with Gasteiger partial charge in [-0.3, -0.25) is 0 Å². The lowest BCUT2D eigenvalue weighted by Gasteiger charge is -2.06. The Kier molecular flexibility index (Phi) is 4.27. The quantitative estimate of drug-likeness (QED) is 0.837. The molecule has 0 aliphatic heterocycles. The topological polar surface area (TPSA) is 46.5 Å². The van der Waals surface area contributed by atoms with Crippen LogP contribution in [0.25, 0.3) is 0 Å². The van der Waals surface area contributed by atoms with Crippen LogP contribution >= 0.6 is 0 Å². The zero-order valence-corrected chi connectivity index (χ0v) is 11.6. The van der Waals surface area contributed by atoms with Gasteiger partial charge in [-0.05, 0) is 25.3 Å². The van der Waals surface area contributed by atoms with E-state index >= 15 is 0 Å². The maximum Gasteiger partial charge on any atom is 0.287 e. The lowest BCUT2D eigenvalue weighted by atomic mass is 10.2. The van der Waals surface area contributed by atoms with Crippen molar-refractivity contribution < 1.29 is 8.42 Å². The number of rotatable bonds is 3. The Morgan fingerprint density at radius 3 is 2.12 bits per heavy atom. The summed E-state index contributed by atoms with van der Waals surface area (Å²) in [5.41, 5.74) is 1.04. The van der Waals surface area contributed by atoms with Gasteiger partial charge in [-0.2, -0.15) is 8.42 Å². The summed E-state index contributed by atoms with van der Waals surface area (Å²) in [4.78, 5) is 0.276. The number of hydrogen-bond acceptors (Lipinski definition) is 2. The molecule has 0 spiro atoms. The van der Waals surface area contributed by atoms with Gasteiger partial charge in [-0.25, -0.2) is 0 Å². The van der Waals surface area contributed by atoms with Crippen LogP contribution in [-0.4, -0.2) is 19.9 Å². The average Bonchev–Trinajstić information content (AvgIpc) is 2.17. The van der Waals surface area contributed by atoms with E-state index in [0.29, 0.717) is 0 Å². The monoisotopic (exact) mass is 259 g/mol.